The minimum Gasteiger partial charge on any atom is -0.323 e. The van der Waals surface area contributed by atoms with Gasteiger partial charge in [0, 0.05) is 17.0 Å². The lowest BCUT2D eigenvalue weighted by Gasteiger charge is -2.15. The molecule has 1 aromatic rings. The van der Waals surface area contributed by atoms with Crippen LogP contribution in [0.2, 0.25) is 0 Å². The number of benzene rings is 1. The molecular formula is C16H25NS. The zero-order chi connectivity index (χ0) is 12.8. The summed E-state index contributed by atoms with van der Waals surface area (Å²) in [6.07, 6.45) is 7.99. The molecule has 2 N–H and O–H groups in total. The molecule has 1 aliphatic carbocycles. The van der Waals surface area contributed by atoms with Gasteiger partial charge >= 0.3 is 0 Å². The van der Waals surface area contributed by atoms with Crippen LogP contribution in [0.15, 0.2) is 24.3 Å². The number of rotatable bonds is 6. The van der Waals surface area contributed by atoms with Crippen molar-refractivity contribution < 1.29 is 0 Å². The molecule has 2 rings (SSSR count). The van der Waals surface area contributed by atoms with E-state index in [-0.39, 0.29) is 6.04 Å². The summed E-state index contributed by atoms with van der Waals surface area (Å²) < 4.78 is 0. The normalized spacial score (nSPS) is 18.1. The first-order chi connectivity index (χ1) is 8.79. The highest BCUT2D eigenvalue weighted by Crippen LogP contribution is 2.31. The van der Waals surface area contributed by atoms with E-state index in [0.717, 1.165) is 17.4 Å². The Bertz CT molecular complexity index is 358. The van der Waals surface area contributed by atoms with Crippen LogP contribution in [-0.4, -0.2) is 11.0 Å². The zero-order valence-corrected chi connectivity index (χ0v) is 12.2. The van der Waals surface area contributed by atoms with Crippen LogP contribution >= 0.6 is 11.8 Å². The molecule has 1 saturated carbocycles. The molecule has 1 fully saturated rings. The summed E-state index contributed by atoms with van der Waals surface area (Å²) in [5.41, 5.74) is 9.06. The first-order valence-electron chi connectivity index (χ1n) is 7.25. The zero-order valence-electron chi connectivity index (χ0n) is 11.4. The van der Waals surface area contributed by atoms with Crippen molar-refractivity contribution in [3.05, 3.63) is 35.4 Å². The maximum absolute atomic E-state index is 6.32. The topological polar surface area (TPSA) is 26.0 Å². The van der Waals surface area contributed by atoms with E-state index in [2.05, 4.69) is 43.0 Å². The second kappa shape index (κ2) is 7.20. The Labute approximate surface area is 116 Å². The fraction of sp³-hybridized carbons (Fsp3) is 0.625. The Kier molecular flexibility index (Phi) is 5.58. The first-order valence-corrected chi connectivity index (χ1v) is 8.30. The van der Waals surface area contributed by atoms with E-state index in [1.165, 1.54) is 43.2 Å². The van der Waals surface area contributed by atoms with Crippen molar-refractivity contribution in [2.45, 2.75) is 56.7 Å². The van der Waals surface area contributed by atoms with Gasteiger partial charge < -0.3 is 5.73 Å². The highest BCUT2D eigenvalue weighted by molar-refractivity contribution is 7.99. The summed E-state index contributed by atoms with van der Waals surface area (Å²) in [5, 5.41) is 0.870. The van der Waals surface area contributed by atoms with Gasteiger partial charge in [-0.2, -0.15) is 11.8 Å². The van der Waals surface area contributed by atoms with Crippen molar-refractivity contribution in [1.82, 2.24) is 0 Å². The number of thioether (sulfide) groups is 1. The van der Waals surface area contributed by atoms with E-state index in [4.69, 9.17) is 5.73 Å². The van der Waals surface area contributed by atoms with Gasteiger partial charge in [-0.3, -0.25) is 0 Å². The molecule has 1 aromatic carbocycles. The highest BCUT2D eigenvalue weighted by Gasteiger charge is 2.17. The molecule has 0 amide bonds. The van der Waals surface area contributed by atoms with Gasteiger partial charge in [-0.05, 0) is 30.4 Å². The van der Waals surface area contributed by atoms with Crippen LogP contribution in [0.5, 0.6) is 0 Å². The van der Waals surface area contributed by atoms with Crippen LogP contribution in [-0.2, 0) is 6.42 Å². The molecule has 0 aromatic heterocycles. The molecule has 0 aliphatic heterocycles. The van der Waals surface area contributed by atoms with Crippen molar-refractivity contribution in [1.29, 1.82) is 0 Å². The lowest BCUT2D eigenvalue weighted by molar-refractivity contribution is 0.814. The van der Waals surface area contributed by atoms with Gasteiger partial charge in [0.2, 0.25) is 0 Å². The molecule has 0 bridgehead atoms. The summed E-state index contributed by atoms with van der Waals surface area (Å²) >= 11 is 2.08. The number of hydrogen-bond acceptors (Lipinski definition) is 2. The maximum Gasteiger partial charge on any atom is 0.0386 e. The van der Waals surface area contributed by atoms with Gasteiger partial charge in [0.15, 0.2) is 0 Å². The Morgan fingerprint density at radius 1 is 1.33 bits per heavy atom. The molecule has 0 radical (unpaired) electrons. The summed E-state index contributed by atoms with van der Waals surface area (Å²) in [4.78, 5) is 0. The number of aryl methyl sites for hydroxylation is 1. The van der Waals surface area contributed by atoms with Gasteiger partial charge in [0.1, 0.15) is 0 Å². The minimum atomic E-state index is 0.201. The average molecular weight is 263 g/mol. The third kappa shape index (κ3) is 4.03. The van der Waals surface area contributed by atoms with Crippen LogP contribution in [0.4, 0.5) is 0 Å². The Balaban J connectivity index is 1.86. The van der Waals surface area contributed by atoms with Crippen molar-refractivity contribution in [2.75, 3.05) is 5.75 Å². The van der Waals surface area contributed by atoms with Gasteiger partial charge in [-0.1, -0.05) is 50.5 Å². The largest absolute Gasteiger partial charge is 0.323 e. The van der Waals surface area contributed by atoms with E-state index >= 15 is 0 Å². The second-order valence-corrected chi connectivity index (χ2v) is 6.67. The van der Waals surface area contributed by atoms with Crippen LogP contribution in [0, 0.1) is 0 Å². The number of hydrogen-bond donors (Lipinski definition) is 1. The molecule has 0 saturated heterocycles. The van der Waals surface area contributed by atoms with E-state index in [0.29, 0.717) is 0 Å². The quantitative estimate of drug-likeness (QED) is 0.827. The van der Waals surface area contributed by atoms with Crippen molar-refractivity contribution in [3.63, 3.8) is 0 Å². The van der Waals surface area contributed by atoms with E-state index < -0.39 is 0 Å². The summed E-state index contributed by atoms with van der Waals surface area (Å²) in [6, 6.07) is 9.04. The van der Waals surface area contributed by atoms with Crippen molar-refractivity contribution >= 4 is 11.8 Å². The third-order valence-electron chi connectivity index (χ3n) is 3.73. The average Bonchev–Trinajstić information content (AvgIpc) is 2.90. The van der Waals surface area contributed by atoms with Crippen LogP contribution in [0.1, 0.15) is 56.2 Å². The van der Waals surface area contributed by atoms with Crippen LogP contribution in [0.3, 0.4) is 0 Å². The SMILES string of the molecule is CCCc1cccc(C(N)CSC2CCCC2)c1. The molecule has 2 heteroatoms. The minimum absolute atomic E-state index is 0.201. The molecule has 1 unspecified atom stereocenters. The Hall–Kier alpha value is -0.470. The predicted molar refractivity (Wildman–Crippen MR) is 82.1 cm³/mol. The van der Waals surface area contributed by atoms with Crippen LogP contribution in [0.25, 0.3) is 0 Å². The van der Waals surface area contributed by atoms with Gasteiger partial charge in [-0.25, -0.2) is 0 Å². The van der Waals surface area contributed by atoms with E-state index in [1.807, 2.05) is 0 Å². The van der Waals surface area contributed by atoms with Gasteiger partial charge in [-0.15, -0.1) is 0 Å². The molecule has 1 nitrogen and oxygen atoms in total. The molecule has 100 valence electrons. The van der Waals surface area contributed by atoms with Crippen LogP contribution < -0.4 is 5.73 Å². The molecule has 1 aliphatic rings. The fourth-order valence-electron chi connectivity index (χ4n) is 2.66. The lowest BCUT2D eigenvalue weighted by Crippen LogP contribution is -2.15. The smallest absolute Gasteiger partial charge is 0.0386 e. The summed E-state index contributed by atoms with van der Waals surface area (Å²) in [5.74, 6) is 1.07. The fourth-order valence-corrected chi connectivity index (χ4v) is 4.00. The first kappa shape index (κ1) is 14.0. The molecule has 0 spiro atoms. The summed E-state index contributed by atoms with van der Waals surface area (Å²) in [7, 11) is 0. The molecule has 18 heavy (non-hydrogen) atoms. The standard InChI is InChI=1S/C16H25NS/c1-2-6-13-7-5-8-14(11-13)16(17)12-18-15-9-3-4-10-15/h5,7-8,11,15-16H,2-4,6,9-10,12,17H2,1H3. The lowest BCUT2D eigenvalue weighted by atomic mass is 10.0. The molecule has 0 heterocycles. The highest BCUT2D eigenvalue weighted by atomic mass is 32.2. The van der Waals surface area contributed by atoms with Crippen molar-refractivity contribution in [3.8, 4) is 0 Å². The third-order valence-corrected chi connectivity index (χ3v) is 5.23. The Morgan fingerprint density at radius 2 is 2.11 bits per heavy atom. The number of nitrogens with two attached hydrogens (primary N) is 1. The van der Waals surface area contributed by atoms with Crippen molar-refractivity contribution in [2.24, 2.45) is 5.73 Å². The van der Waals surface area contributed by atoms with Gasteiger partial charge in [0.25, 0.3) is 0 Å². The summed E-state index contributed by atoms with van der Waals surface area (Å²) in [6.45, 7) is 2.22. The van der Waals surface area contributed by atoms with E-state index in [1.54, 1.807) is 0 Å². The predicted octanol–water partition coefficient (Wildman–Crippen LogP) is 4.31. The van der Waals surface area contributed by atoms with E-state index in [9.17, 15) is 0 Å². The van der Waals surface area contributed by atoms with Gasteiger partial charge in [0.05, 0.1) is 0 Å². The maximum atomic E-state index is 6.32. The Morgan fingerprint density at radius 3 is 2.83 bits per heavy atom. The second-order valence-electron chi connectivity index (χ2n) is 5.34. The molecule has 1 atom stereocenters. The monoisotopic (exact) mass is 263 g/mol. The molecular weight excluding hydrogens is 238 g/mol.